The second-order valence-electron chi connectivity index (χ2n) is 5.68. The van der Waals surface area contributed by atoms with Gasteiger partial charge in [-0.3, -0.25) is 4.79 Å². The summed E-state index contributed by atoms with van der Waals surface area (Å²) in [7, 11) is 1.87. The van der Waals surface area contributed by atoms with Gasteiger partial charge in [0.05, 0.1) is 5.69 Å². The molecule has 1 aromatic heterocycles. The van der Waals surface area contributed by atoms with E-state index < -0.39 is 0 Å². The van der Waals surface area contributed by atoms with Gasteiger partial charge in [-0.1, -0.05) is 0 Å². The van der Waals surface area contributed by atoms with Gasteiger partial charge in [-0.15, -0.1) is 24.8 Å². The van der Waals surface area contributed by atoms with Gasteiger partial charge in [0.15, 0.2) is 5.82 Å². The first-order chi connectivity index (χ1) is 9.45. The Hall–Kier alpha value is -1.31. The third-order valence-corrected chi connectivity index (χ3v) is 4.12. The number of nitrogens with one attached hydrogen (secondary N) is 2. The van der Waals surface area contributed by atoms with E-state index in [-0.39, 0.29) is 42.8 Å². The van der Waals surface area contributed by atoms with E-state index in [1.165, 1.54) is 0 Å². The molecule has 22 heavy (non-hydrogen) atoms. The van der Waals surface area contributed by atoms with Gasteiger partial charge in [0, 0.05) is 19.1 Å². The Bertz CT molecular complexity index is 564. The van der Waals surface area contributed by atoms with E-state index in [0.29, 0.717) is 17.7 Å². The maximum Gasteiger partial charge on any atom is 0.246 e. The summed E-state index contributed by atoms with van der Waals surface area (Å²) in [6, 6.07) is 0.401. The Morgan fingerprint density at radius 3 is 2.55 bits per heavy atom. The summed E-state index contributed by atoms with van der Waals surface area (Å²) >= 11 is 0. The molecule has 0 bridgehead atoms. The second-order valence-corrected chi connectivity index (χ2v) is 5.68. The van der Waals surface area contributed by atoms with Gasteiger partial charge in [0.1, 0.15) is 11.7 Å². The van der Waals surface area contributed by atoms with Crippen LogP contribution in [0.15, 0.2) is 0 Å². The molecule has 7 nitrogen and oxygen atoms in total. The number of amides is 1. The molecule has 1 aliphatic heterocycles. The molecule has 1 aliphatic carbocycles. The van der Waals surface area contributed by atoms with Crippen molar-refractivity contribution in [1.29, 1.82) is 0 Å². The highest BCUT2D eigenvalue weighted by Crippen LogP contribution is 2.32. The average molecular weight is 349 g/mol. The summed E-state index contributed by atoms with van der Waals surface area (Å²) in [6.45, 7) is 3.73. The van der Waals surface area contributed by atoms with Crippen molar-refractivity contribution in [2.45, 2.75) is 44.8 Å². The molecule has 4 N–H and O–H groups in total. The van der Waals surface area contributed by atoms with Gasteiger partial charge in [-0.2, -0.15) is 4.98 Å². The third-order valence-electron chi connectivity index (χ3n) is 4.12. The fourth-order valence-electron chi connectivity index (χ4n) is 2.57. The van der Waals surface area contributed by atoms with Crippen LogP contribution in [0.2, 0.25) is 0 Å². The van der Waals surface area contributed by atoms with Crippen molar-refractivity contribution < 1.29 is 4.79 Å². The summed E-state index contributed by atoms with van der Waals surface area (Å²) in [5.41, 5.74) is 7.25. The smallest absolute Gasteiger partial charge is 0.246 e. The van der Waals surface area contributed by atoms with Crippen molar-refractivity contribution in [2.24, 2.45) is 5.73 Å². The lowest BCUT2D eigenvalue weighted by atomic mass is 9.88. The third kappa shape index (κ3) is 3.21. The summed E-state index contributed by atoms with van der Waals surface area (Å²) in [4.78, 5) is 22.7. The van der Waals surface area contributed by atoms with Crippen LogP contribution < -0.4 is 21.3 Å². The zero-order valence-electron chi connectivity index (χ0n) is 12.8. The van der Waals surface area contributed by atoms with Crippen LogP contribution in [0.1, 0.15) is 25.5 Å². The standard InChI is InChI=1S/C13H20N6O.2ClH/c1-6-10-11(19(3)7(2)12(20)17-10)18-13(15-6)16-9-4-8(14)5-9;;/h7-9H,4-5,14H2,1-3H3,(H,17,20)(H,15,16,18);2*1H/t7-,8?,9?;;/m0../s1. The van der Waals surface area contributed by atoms with E-state index in [1.807, 2.05) is 25.8 Å². The van der Waals surface area contributed by atoms with Crippen molar-refractivity contribution in [3.63, 3.8) is 0 Å². The molecule has 9 heteroatoms. The summed E-state index contributed by atoms with van der Waals surface area (Å²) in [6.07, 6.45) is 1.89. The molecule has 2 heterocycles. The SMILES string of the molecule is Cc1nc(NC2CC(N)C2)nc2c1NC(=O)[C@H](C)N2C.Cl.Cl. The van der Waals surface area contributed by atoms with Crippen molar-refractivity contribution in [3.05, 3.63) is 5.69 Å². The number of rotatable bonds is 2. The fourth-order valence-corrected chi connectivity index (χ4v) is 2.57. The van der Waals surface area contributed by atoms with Gasteiger partial charge in [0.25, 0.3) is 0 Å². The minimum Gasteiger partial charge on any atom is -0.351 e. The van der Waals surface area contributed by atoms with E-state index in [0.717, 1.165) is 24.4 Å². The number of nitrogens with two attached hydrogens (primary N) is 1. The monoisotopic (exact) mass is 348 g/mol. The maximum absolute atomic E-state index is 11.8. The van der Waals surface area contributed by atoms with Gasteiger partial charge in [0.2, 0.25) is 11.9 Å². The van der Waals surface area contributed by atoms with Gasteiger partial charge in [-0.25, -0.2) is 4.98 Å². The summed E-state index contributed by atoms with van der Waals surface area (Å²) in [5.74, 6) is 1.33. The number of carbonyl (C=O) groups excluding carboxylic acids is 1. The molecule has 1 aromatic rings. The number of hydrogen-bond donors (Lipinski definition) is 3. The second kappa shape index (κ2) is 6.85. The first kappa shape index (κ1) is 18.7. The van der Waals surface area contributed by atoms with Gasteiger partial charge in [-0.05, 0) is 26.7 Å². The normalized spacial score (nSPS) is 25.9. The minimum absolute atomic E-state index is 0. The van der Waals surface area contributed by atoms with E-state index in [4.69, 9.17) is 5.73 Å². The number of fused-ring (bicyclic) bond motifs is 1. The van der Waals surface area contributed by atoms with Gasteiger partial charge < -0.3 is 21.3 Å². The molecule has 0 radical (unpaired) electrons. The number of carbonyl (C=O) groups is 1. The zero-order chi connectivity index (χ0) is 14.4. The van der Waals surface area contributed by atoms with Crippen LogP contribution in [0.3, 0.4) is 0 Å². The molecule has 1 amide bonds. The molecule has 0 saturated heterocycles. The predicted octanol–water partition coefficient (Wildman–Crippen LogP) is 1.31. The van der Waals surface area contributed by atoms with Crippen molar-refractivity contribution in [3.8, 4) is 0 Å². The number of likely N-dealkylation sites (N-methyl/N-ethyl adjacent to an activating group) is 1. The van der Waals surface area contributed by atoms with Crippen LogP contribution in [0.4, 0.5) is 17.5 Å². The maximum atomic E-state index is 11.8. The Labute approximate surface area is 142 Å². The number of aryl methyl sites for hydroxylation is 1. The molecule has 1 atom stereocenters. The number of halogens is 2. The molecule has 0 unspecified atom stereocenters. The van der Waals surface area contributed by atoms with Crippen LogP contribution in [0.5, 0.6) is 0 Å². The highest BCUT2D eigenvalue weighted by atomic mass is 35.5. The molecular weight excluding hydrogens is 327 g/mol. The van der Waals surface area contributed by atoms with Crippen LogP contribution in [0.25, 0.3) is 0 Å². The average Bonchev–Trinajstić information content (AvgIpc) is 2.36. The topological polar surface area (TPSA) is 96.2 Å². The Kier molecular flexibility index (Phi) is 5.83. The quantitative estimate of drug-likeness (QED) is 0.745. The van der Waals surface area contributed by atoms with Crippen molar-refractivity contribution >= 4 is 48.2 Å². The molecule has 1 fully saturated rings. The number of anilines is 3. The van der Waals surface area contributed by atoms with Crippen molar-refractivity contribution in [1.82, 2.24) is 9.97 Å². The number of aromatic nitrogens is 2. The van der Waals surface area contributed by atoms with Gasteiger partial charge >= 0.3 is 0 Å². The number of hydrogen-bond acceptors (Lipinski definition) is 6. The minimum atomic E-state index is -0.234. The Morgan fingerprint density at radius 1 is 1.32 bits per heavy atom. The lowest BCUT2D eigenvalue weighted by molar-refractivity contribution is -0.117. The van der Waals surface area contributed by atoms with Crippen LogP contribution in [-0.2, 0) is 4.79 Å². The van der Waals surface area contributed by atoms with E-state index in [9.17, 15) is 4.79 Å². The molecule has 2 aliphatic rings. The Morgan fingerprint density at radius 2 is 1.95 bits per heavy atom. The molecule has 1 saturated carbocycles. The van der Waals surface area contributed by atoms with Crippen LogP contribution >= 0.6 is 24.8 Å². The lowest BCUT2D eigenvalue weighted by Crippen LogP contribution is -2.46. The Balaban J connectivity index is 0.00000121. The zero-order valence-corrected chi connectivity index (χ0v) is 14.4. The highest BCUT2D eigenvalue weighted by Gasteiger charge is 2.31. The van der Waals surface area contributed by atoms with E-state index in [1.54, 1.807) is 0 Å². The summed E-state index contributed by atoms with van der Waals surface area (Å²) < 4.78 is 0. The fraction of sp³-hybridized carbons (Fsp3) is 0.615. The summed E-state index contributed by atoms with van der Waals surface area (Å²) in [5, 5.41) is 6.18. The predicted molar refractivity (Wildman–Crippen MR) is 92.4 cm³/mol. The van der Waals surface area contributed by atoms with E-state index in [2.05, 4.69) is 20.6 Å². The highest BCUT2D eigenvalue weighted by molar-refractivity contribution is 6.03. The largest absolute Gasteiger partial charge is 0.351 e. The lowest BCUT2D eigenvalue weighted by Gasteiger charge is -2.35. The molecule has 0 spiro atoms. The first-order valence-electron chi connectivity index (χ1n) is 6.90. The number of nitrogens with zero attached hydrogens (tertiary/aromatic N) is 3. The van der Waals surface area contributed by atoms with Crippen LogP contribution in [-0.4, -0.2) is 41.0 Å². The molecular formula is C13H22Cl2N6O. The molecule has 124 valence electrons. The van der Waals surface area contributed by atoms with Crippen molar-refractivity contribution in [2.75, 3.05) is 22.6 Å². The molecule has 0 aromatic carbocycles. The van der Waals surface area contributed by atoms with Crippen LogP contribution in [0, 0.1) is 6.92 Å². The van der Waals surface area contributed by atoms with E-state index >= 15 is 0 Å². The first-order valence-corrected chi connectivity index (χ1v) is 6.90. The molecule has 3 rings (SSSR count).